The van der Waals surface area contributed by atoms with Crippen LogP contribution >= 0.6 is 0 Å². The van der Waals surface area contributed by atoms with E-state index in [1.807, 2.05) is 0 Å². The zero-order valence-corrected chi connectivity index (χ0v) is 35.9. The first-order chi connectivity index (χ1) is 30.3. The molecule has 0 heterocycles. The molecule has 0 bridgehead atoms. The predicted octanol–water partition coefficient (Wildman–Crippen LogP) is 16.7. The van der Waals surface area contributed by atoms with Crippen LogP contribution in [0.15, 0.2) is 194 Å². The van der Waals surface area contributed by atoms with E-state index in [0.29, 0.717) is 0 Å². The minimum absolute atomic E-state index is 1.16. The molecular weight excluding hydrogens is 745 g/mol. The Morgan fingerprint density at radius 2 is 0.532 bits per heavy atom. The van der Waals surface area contributed by atoms with Gasteiger partial charge in [0, 0.05) is 0 Å². The quantitative estimate of drug-likeness (QED) is 0.0955. The molecule has 0 amide bonds. The van der Waals surface area contributed by atoms with E-state index in [4.69, 9.17) is 0 Å². The molecule has 298 valence electrons. The molecule has 9 rings (SSSR count). The van der Waals surface area contributed by atoms with Gasteiger partial charge in [-0.25, -0.2) is 0 Å². The van der Waals surface area contributed by atoms with Crippen molar-refractivity contribution < 1.29 is 0 Å². The lowest BCUT2D eigenvalue weighted by Crippen LogP contribution is -1.91. The molecule has 0 aromatic heterocycles. The molecule has 0 nitrogen and oxygen atoms in total. The van der Waals surface area contributed by atoms with E-state index in [0.717, 1.165) is 22.3 Å². The monoisotopic (exact) mass is 794 g/mol. The van der Waals surface area contributed by atoms with Gasteiger partial charge in [-0.2, -0.15) is 0 Å². The van der Waals surface area contributed by atoms with Gasteiger partial charge in [-0.1, -0.05) is 216 Å². The SMILES string of the molecule is Cc1ccc(C(=Cc2ccccc2C=Cc2cc3cc4ccccc4cc3cc2C=Cc2ccccc2C=C(c2ccc(C)cc2)c2ccc(C)cc2)c2ccc(C)cc2)cc1. The Labute approximate surface area is 367 Å². The number of fused-ring (bicyclic) bond motifs is 2. The maximum absolute atomic E-state index is 2.35. The van der Waals surface area contributed by atoms with E-state index in [1.54, 1.807) is 0 Å². The van der Waals surface area contributed by atoms with Gasteiger partial charge in [-0.15, -0.1) is 0 Å². The molecule has 0 saturated heterocycles. The minimum atomic E-state index is 1.16. The molecule has 0 unspecified atom stereocenters. The van der Waals surface area contributed by atoms with Crippen LogP contribution < -0.4 is 0 Å². The zero-order valence-electron chi connectivity index (χ0n) is 35.9. The third-order valence-electron chi connectivity index (χ3n) is 11.8. The lowest BCUT2D eigenvalue weighted by molar-refractivity contribution is 1.43. The van der Waals surface area contributed by atoms with Crippen molar-refractivity contribution in [3.05, 3.63) is 272 Å². The van der Waals surface area contributed by atoms with Crippen molar-refractivity contribution in [3.8, 4) is 0 Å². The van der Waals surface area contributed by atoms with E-state index in [2.05, 4.69) is 258 Å². The van der Waals surface area contributed by atoms with E-state index >= 15 is 0 Å². The fraction of sp³-hybridized carbons (Fsp3) is 0.0645. The molecule has 62 heavy (non-hydrogen) atoms. The standard InChI is InChI=1S/C62H50/c1-43-17-25-49(26-18-43)61(50-27-19-44(2)20-28-50)41-55-15-7-5-11-47(55)33-35-57-39-59-37-53-13-9-10-14-54(53)38-60(59)40-58(57)36-34-48-12-6-8-16-56(48)42-62(51-29-21-45(3)22-30-51)52-31-23-46(4)24-32-52/h5-42H,1-4H3. The highest BCUT2D eigenvalue weighted by Gasteiger charge is 2.11. The van der Waals surface area contributed by atoms with Gasteiger partial charge in [0.15, 0.2) is 0 Å². The molecule has 0 aliphatic rings. The maximum atomic E-state index is 2.35. The van der Waals surface area contributed by atoms with Crippen molar-refractivity contribution in [2.75, 3.05) is 0 Å². The first-order valence-electron chi connectivity index (χ1n) is 21.6. The van der Waals surface area contributed by atoms with Crippen molar-refractivity contribution in [2.45, 2.75) is 27.7 Å². The van der Waals surface area contributed by atoms with Gasteiger partial charge in [-0.05, 0) is 152 Å². The highest BCUT2D eigenvalue weighted by atomic mass is 14.1. The summed E-state index contributed by atoms with van der Waals surface area (Å²) in [6.45, 7) is 8.57. The summed E-state index contributed by atoms with van der Waals surface area (Å²) in [5.41, 5.74) is 19.2. The minimum Gasteiger partial charge on any atom is -0.0616 e. The highest BCUT2D eigenvalue weighted by molar-refractivity contribution is 6.02. The van der Waals surface area contributed by atoms with E-state index in [-0.39, 0.29) is 0 Å². The zero-order chi connectivity index (χ0) is 42.4. The summed E-state index contributed by atoms with van der Waals surface area (Å²) in [5, 5.41) is 4.93. The number of hydrogen-bond donors (Lipinski definition) is 0. The number of aryl methyl sites for hydroxylation is 4. The molecule has 0 fully saturated rings. The first-order valence-corrected chi connectivity index (χ1v) is 21.6. The molecule has 0 radical (unpaired) electrons. The molecule has 0 N–H and O–H groups in total. The van der Waals surface area contributed by atoms with Crippen LogP contribution in [0, 0.1) is 27.7 Å². The van der Waals surface area contributed by atoms with Crippen molar-refractivity contribution >= 4 is 69.1 Å². The second kappa shape index (κ2) is 18.0. The second-order valence-electron chi connectivity index (χ2n) is 16.5. The topological polar surface area (TPSA) is 0 Å². The van der Waals surface area contributed by atoms with E-state index in [1.165, 1.54) is 88.3 Å². The van der Waals surface area contributed by atoms with Gasteiger partial charge in [-0.3, -0.25) is 0 Å². The molecule has 0 heteroatoms. The van der Waals surface area contributed by atoms with Gasteiger partial charge in [0.05, 0.1) is 0 Å². The van der Waals surface area contributed by atoms with Crippen molar-refractivity contribution in [2.24, 2.45) is 0 Å². The normalized spacial score (nSPS) is 11.4. The molecule has 0 spiro atoms. The Kier molecular flexibility index (Phi) is 11.6. The molecule has 0 atom stereocenters. The van der Waals surface area contributed by atoms with E-state index in [9.17, 15) is 0 Å². The van der Waals surface area contributed by atoms with Crippen LogP contribution in [-0.4, -0.2) is 0 Å². The molecule has 9 aromatic carbocycles. The van der Waals surface area contributed by atoms with Crippen LogP contribution in [0.5, 0.6) is 0 Å². The smallest absolute Gasteiger partial charge is 0.0105 e. The van der Waals surface area contributed by atoms with Gasteiger partial charge in [0.1, 0.15) is 0 Å². The van der Waals surface area contributed by atoms with Gasteiger partial charge >= 0.3 is 0 Å². The average Bonchev–Trinajstić information content (AvgIpc) is 3.30. The van der Waals surface area contributed by atoms with Crippen molar-refractivity contribution in [1.29, 1.82) is 0 Å². The Balaban J connectivity index is 1.14. The summed E-state index contributed by atoms with van der Waals surface area (Å²) in [6, 6.07) is 70.8. The van der Waals surface area contributed by atoms with Gasteiger partial charge < -0.3 is 0 Å². The third-order valence-corrected chi connectivity index (χ3v) is 11.8. The lowest BCUT2D eigenvalue weighted by atomic mass is 9.92. The summed E-state index contributed by atoms with van der Waals surface area (Å²) in [7, 11) is 0. The van der Waals surface area contributed by atoms with Gasteiger partial charge in [0.2, 0.25) is 0 Å². The van der Waals surface area contributed by atoms with Crippen molar-refractivity contribution in [1.82, 2.24) is 0 Å². The van der Waals surface area contributed by atoms with E-state index < -0.39 is 0 Å². The van der Waals surface area contributed by atoms with Crippen LogP contribution in [-0.2, 0) is 0 Å². The Bertz CT molecular complexity index is 2840. The molecular formula is C62H50. The number of rotatable bonds is 10. The summed E-state index contributed by atoms with van der Waals surface area (Å²) in [5.74, 6) is 0. The van der Waals surface area contributed by atoms with Crippen LogP contribution in [0.25, 0.3) is 69.1 Å². The Morgan fingerprint density at radius 3 is 0.855 bits per heavy atom. The summed E-state index contributed by atoms with van der Waals surface area (Å²) in [6.07, 6.45) is 13.8. The highest BCUT2D eigenvalue weighted by Crippen LogP contribution is 2.33. The summed E-state index contributed by atoms with van der Waals surface area (Å²) in [4.78, 5) is 0. The van der Waals surface area contributed by atoms with Crippen LogP contribution in [0.4, 0.5) is 0 Å². The predicted molar refractivity (Wildman–Crippen MR) is 271 cm³/mol. The number of benzene rings is 9. The maximum Gasteiger partial charge on any atom is -0.0105 e. The molecule has 0 aliphatic carbocycles. The number of hydrogen-bond acceptors (Lipinski definition) is 0. The molecule has 0 saturated carbocycles. The van der Waals surface area contributed by atoms with Crippen LogP contribution in [0.1, 0.15) is 77.9 Å². The van der Waals surface area contributed by atoms with Crippen molar-refractivity contribution in [3.63, 3.8) is 0 Å². The largest absolute Gasteiger partial charge is 0.0616 e. The Morgan fingerprint density at radius 1 is 0.258 bits per heavy atom. The average molecular weight is 795 g/mol. The first kappa shape index (κ1) is 39.9. The fourth-order valence-electron chi connectivity index (χ4n) is 8.17. The third kappa shape index (κ3) is 9.11. The van der Waals surface area contributed by atoms with Crippen LogP contribution in [0.3, 0.4) is 0 Å². The molecule has 0 aliphatic heterocycles. The van der Waals surface area contributed by atoms with Crippen LogP contribution in [0.2, 0.25) is 0 Å². The van der Waals surface area contributed by atoms with Gasteiger partial charge in [0.25, 0.3) is 0 Å². The fourth-order valence-corrected chi connectivity index (χ4v) is 8.17. The summed E-state index contributed by atoms with van der Waals surface area (Å²) < 4.78 is 0. The summed E-state index contributed by atoms with van der Waals surface area (Å²) >= 11 is 0. The lowest BCUT2D eigenvalue weighted by Gasteiger charge is -2.12. The second-order valence-corrected chi connectivity index (χ2v) is 16.5. The Hall–Kier alpha value is -7.54. The molecule has 9 aromatic rings.